The number of thiol groups is 1. The maximum atomic E-state index is 4.57. The Hall–Kier alpha value is -0.253. The number of nitrogens with zero attached hydrogens (tertiary/aromatic N) is 1. The molecule has 0 spiro atoms. The van der Waals surface area contributed by atoms with Crippen LogP contribution >= 0.6 is 12.6 Å². The van der Waals surface area contributed by atoms with Crippen molar-refractivity contribution in [3.05, 3.63) is 23.8 Å². The summed E-state index contributed by atoms with van der Waals surface area (Å²) in [6.07, 6.45) is 0. The molecule has 0 aliphatic rings. The van der Waals surface area contributed by atoms with Crippen molar-refractivity contribution in [2.24, 2.45) is 0 Å². The summed E-state index contributed by atoms with van der Waals surface area (Å²) in [6, 6.07) is 6.48. The molecule has 1 rings (SSSR count). The van der Waals surface area contributed by atoms with E-state index in [1.54, 1.807) is 0 Å². The number of rotatable bonds is 3. The van der Waals surface area contributed by atoms with Gasteiger partial charge in [-0.1, -0.05) is 37.0 Å². The van der Waals surface area contributed by atoms with Gasteiger partial charge in [0.15, 0.2) is 0 Å². The third-order valence-corrected chi connectivity index (χ3v) is 4.94. The highest BCUT2D eigenvalue weighted by Gasteiger charge is 2.21. The Morgan fingerprint density at radius 1 is 1.20 bits per heavy atom. The zero-order chi connectivity index (χ0) is 11.6. The Labute approximate surface area is 99.9 Å². The molecule has 0 atom stereocenters. The van der Waals surface area contributed by atoms with Crippen molar-refractivity contribution in [1.29, 1.82) is 0 Å². The molecule has 0 saturated heterocycles. The van der Waals surface area contributed by atoms with Gasteiger partial charge < -0.3 is 4.90 Å². The first-order valence-electron chi connectivity index (χ1n) is 5.28. The van der Waals surface area contributed by atoms with Gasteiger partial charge in [0.05, 0.1) is 8.07 Å². The second kappa shape index (κ2) is 4.72. The largest absolute Gasteiger partial charge is 0.305 e. The predicted molar refractivity (Wildman–Crippen MR) is 74.1 cm³/mol. The van der Waals surface area contributed by atoms with Gasteiger partial charge in [-0.2, -0.15) is 0 Å². The average molecular weight is 239 g/mol. The molecular formula is C12H21NSSi. The van der Waals surface area contributed by atoms with Gasteiger partial charge in [0, 0.05) is 11.4 Å². The maximum absolute atomic E-state index is 4.57. The monoisotopic (exact) mass is 239 g/mol. The molecule has 0 aromatic heterocycles. The van der Waals surface area contributed by atoms with Gasteiger partial charge in [-0.25, -0.2) is 0 Å². The Morgan fingerprint density at radius 2 is 1.80 bits per heavy atom. The smallest absolute Gasteiger partial charge is 0.0780 e. The van der Waals surface area contributed by atoms with Gasteiger partial charge in [-0.05, 0) is 25.7 Å². The summed E-state index contributed by atoms with van der Waals surface area (Å²) in [5, 5.41) is 1.53. The minimum absolute atomic E-state index is 0.985. The van der Waals surface area contributed by atoms with E-state index in [0.717, 1.165) is 11.4 Å². The molecule has 0 aliphatic carbocycles. The fourth-order valence-electron chi connectivity index (χ4n) is 1.76. The van der Waals surface area contributed by atoms with Gasteiger partial charge in [-0.15, -0.1) is 12.6 Å². The summed E-state index contributed by atoms with van der Waals surface area (Å²) in [6.45, 7) is 8.14. The van der Waals surface area contributed by atoms with Crippen molar-refractivity contribution in [3.8, 4) is 0 Å². The van der Waals surface area contributed by atoms with E-state index in [-0.39, 0.29) is 0 Å². The predicted octanol–water partition coefficient (Wildman–Crippen LogP) is 2.58. The molecule has 0 bridgehead atoms. The molecule has 1 aromatic rings. The van der Waals surface area contributed by atoms with Crippen LogP contribution in [0.2, 0.25) is 19.6 Å². The lowest BCUT2D eigenvalue weighted by Crippen LogP contribution is -2.41. The van der Waals surface area contributed by atoms with Gasteiger partial charge in [0.2, 0.25) is 0 Å². The second-order valence-corrected chi connectivity index (χ2v) is 10.8. The Bertz CT molecular complexity index is 342. The van der Waals surface area contributed by atoms with Gasteiger partial charge in [0.1, 0.15) is 0 Å². The van der Waals surface area contributed by atoms with Crippen LogP contribution in [-0.4, -0.2) is 27.1 Å². The lowest BCUT2D eigenvalue weighted by molar-refractivity contribution is 0.400. The summed E-state index contributed by atoms with van der Waals surface area (Å²) in [5.74, 6) is 0. The van der Waals surface area contributed by atoms with E-state index in [0.29, 0.717) is 0 Å². The van der Waals surface area contributed by atoms with Crippen LogP contribution in [0.15, 0.2) is 23.1 Å². The number of hydrogen-bond acceptors (Lipinski definition) is 2. The molecule has 0 radical (unpaired) electrons. The molecule has 0 amide bonds. The molecule has 0 aliphatic heterocycles. The van der Waals surface area contributed by atoms with Crippen LogP contribution in [-0.2, 0) is 6.54 Å². The van der Waals surface area contributed by atoms with E-state index in [2.05, 4.69) is 69.5 Å². The molecule has 0 N–H and O–H groups in total. The third-order valence-electron chi connectivity index (χ3n) is 2.43. The molecule has 1 aromatic carbocycles. The Balaban J connectivity index is 3.21. The zero-order valence-electron chi connectivity index (χ0n) is 10.3. The lowest BCUT2D eigenvalue weighted by Gasteiger charge is -2.24. The van der Waals surface area contributed by atoms with Crippen molar-refractivity contribution < 1.29 is 0 Å². The minimum Gasteiger partial charge on any atom is -0.305 e. The molecule has 0 unspecified atom stereocenters. The van der Waals surface area contributed by atoms with E-state index in [1.165, 1.54) is 10.8 Å². The quantitative estimate of drug-likeness (QED) is 0.627. The molecular weight excluding hydrogens is 218 g/mol. The SMILES string of the molecule is CN(C)Cc1c(S)cccc1[Si](C)(C)C. The fourth-order valence-corrected chi connectivity index (χ4v) is 3.86. The molecule has 0 heterocycles. The van der Waals surface area contributed by atoms with Crippen LogP contribution < -0.4 is 5.19 Å². The summed E-state index contributed by atoms with van der Waals surface area (Å²) < 4.78 is 0. The first kappa shape index (κ1) is 12.8. The third kappa shape index (κ3) is 3.36. The number of hydrogen-bond donors (Lipinski definition) is 1. The highest BCUT2D eigenvalue weighted by molar-refractivity contribution is 7.80. The van der Waals surface area contributed by atoms with E-state index in [4.69, 9.17) is 0 Å². The van der Waals surface area contributed by atoms with Crippen molar-refractivity contribution in [2.75, 3.05) is 14.1 Å². The number of benzene rings is 1. The van der Waals surface area contributed by atoms with Gasteiger partial charge in [0.25, 0.3) is 0 Å². The topological polar surface area (TPSA) is 3.24 Å². The van der Waals surface area contributed by atoms with Crippen LogP contribution in [0.3, 0.4) is 0 Å². The highest BCUT2D eigenvalue weighted by Crippen LogP contribution is 2.16. The highest BCUT2D eigenvalue weighted by atomic mass is 32.1. The minimum atomic E-state index is -1.25. The van der Waals surface area contributed by atoms with Crippen LogP contribution in [0.25, 0.3) is 0 Å². The van der Waals surface area contributed by atoms with Gasteiger partial charge in [-0.3, -0.25) is 0 Å². The van der Waals surface area contributed by atoms with E-state index in [1.807, 2.05) is 0 Å². The van der Waals surface area contributed by atoms with E-state index >= 15 is 0 Å². The standard InChI is InChI=1S/C12H21NSSi/c1-13(2)9-10-11(14)7-6-8-12(10)15(3,4)5/h6-8,14H,9H2,1-5H3. The van der Waals surface area contributed by atoms with Crippen LogP contribution in [0.4, 0.5) is 0 Å². The summed E-state index contributed by atoms with van der Waals surface area (Å²) in [7, 11) is 2.96. The molecule has 0 saturated carbocycles. The van der Waals surface area contributed by atoms with E-state index in [9.17, 15) is 0 Å². The van der Waals surface area contributed by atoms with Crippen LogP contribution in [0.1, 0.15) is 5.56 Å². The van der Waals surface area contributed by atoms with Crippen molar-refractivity contribution in [1.82, 2.24) is 4.90 Å². The Kier molecular flexibility index (Phi) is 4.03. The van der Waals surface area contributed by atoms with Crippen LogP contribution in [0, 0.1) is 0 Å². The normalized spacial score (nSPS) is 12.2. The van der Waals surface area contributed by atoms with Crippen molar-refractivity contribution in [2.45, 2.75) is 31.1 Å². The molecule has 1 nitrogen and oxygen atoms in total. The first-order chi connectivity index (χ1) is 6.82. The van der Waals surface area contributed by atoms with Gasteiger partial charge >= 0.3 is 0 Å². The summed E-state index contributed by atoms with van der Waals surface area (Å²) in [5.41, 5.74) is 1.41. The maximum Gasteiger partial charge on any atom is 0.0780 e. The summed E-state index contributed by atoms with van der Waals surface area (Å²) in [4.78, 5) is 3.34. The molecule has 0 fully saturated rings. The fraction of sp³-hybridized carbons (Fsp3) is 0.500. The van der Waals surface area contributed by atoms with Crippen LogP contribution in [0.5, 0.6) is 0 Å². The zero-order valence-corrected chi connectivity index (χ0v) is 12.2. The van der Waals surface area contributed by atoms with E-state index < -0.39 is 8.07 Å². The Morgan fingerprint density at radius 3 is 2.27 bits per heavy atom. The lowest BCUT2D eigenvalue weighted by atomic mass is 10.2. The van der Waals surface area contributed by atoms with Crippen molar-refractivity contribution >= 4 is 25.9 Å². The molecule has 3 heteroatoms. The second-order valence-electron chi connectivity index (χ2n) is 5.29. The van der Waals surface area contributed by atoms with Crippen molar-refractivity contribution in [3.63, 3.8) is 0 Å². The average Bonchev–Trinajstić information content (AvgIpc) is 2.05. The molecule has 84 valence electrons. The summed E-state index contributed by atoms with van der Waals surface area (Å²) >= 11 is 4.57. The molecule has 15 heavy (non-hydrogen) atoms. The first-order valence-corrected chi connectivity index (χ1v) is 9.23.